The Labute approximate surface area is 143 Å². The van der Waals surface area contributed by atoms with Crippen molar-refractivity contribution in [1.82, 2.24) is 9.62 Å². The van der Waals surface area contributed by atoms with Crippen LogP contribution in [0, 0.1) is 18.3 Å². The highest BCUT2D eigenvalue weighted by molar-refractivity contribution is 7.89. The van der Waals surface area contributed by atoms with E-state index in [0.717, 1.165) is 31.2 Å². The molecule has 0 spiro atoms. The lowest BCUT2D eigenvalue weighted by Crippen LogP contribution is -2.71. The first-order chi connectivity index (χ1) is 11.4. The van der Waals surface area contributed by atoms with Crippen molar-refractivity contribution in [2.75, 3.05) is 13.2 Å². The number of aliphatic hydroxyl groups excluding tert-OH is 1. The van der Waals surface area contributed by atoms with Gasteiger partial charge in [0.15, 0.2) is 0 Å². The van der Waals surface area contributed by atoms with Crippen LogP contribution in [0.25, 0.3) is 0 Å². The second-order valence-electron chi connectivity index (χ2n) is 6.82. The van der Waals surface area contributed by atoms with E-state index in [9.17, 15) is 18.8 Å². The Morgan fingerprint density at radius 3 is 2.62 bits per heavy atom. The minimum absolute atomic E-state index is 0.0304. The zero-order valence-electron chi connectivity index (χ0n) is 13.8. The molecule has 7 heteroatoms. The number of sulfonamides is 1. The standard InChI is InChI=1S/C17H23N3O3S/c1-13-6-8-14(9-7-13)24(22,23)20-11-17(10-18,12-21)19-15-4-2-3-5-16(15)20/h6-9,15-16,19,21H,2-5,11-12H2,1H3/t15-,16-,17-/m0/s1. The molecule has 2 fully saturated rings. The molecule has 0 amide bonds. The predicted molar refractivity (Wildman–Crippen MR) is 89.7 cm³/mol. The maximum absolute atomic E-state index is 13.2. The van der Waals surface area contributed by atoms with Crippen molar-refractivity contribution >= 4 is 10.0 Å². The largest absolute Gasteiger partial charge is 0.393 e. The second-order valence-corrected chi connectivity index (χ2v) is 8.71. The summed E-state index contributed by atoms with van der Waals surface area (Å²) < 4.78 is 27.8. The van der Waals surface area contributed by atoms with Crippen LogP contribution in [-0.2, 0) is 10.0 Å². The maximum atomic E-state index is 13.2. The Morgan fingerprint density at radius 1 is 1.33 bits per heavy atom. The lowest BCUT2D eigenvalue weighted by atomic mass is 9.84. The van der Waals surface area contributed by atoms with Gasteiger partial charge in [-0.3, -0.25) is 5.32 Å². The van der Waals surface area contributed by atoms with E-state index in [-0.39, 0.29) is 23.5 Å². The SMILES string of the molecule is Cc1ccc(S(=O)(=O)N2C[C@@](C#N)(CO)N[C@H]3CCCC[C@@H]32)cc1. The molecular formula is C17H23N3O3S. The van der Waals surface area contributed by atoms with Crippen molar-refractivity contribution in [3.8, 4) is 6.07 Å². The quantitative estimate of drug-likeness (QED) is 0.854. The van der Waals surface area contributed by atoms with E-state index in [0.29, 0.717) is 0 Å². The molecular weight excluding hydrogens is 326 g/mol. The fourth-order valence-electron chi connectivity index (χ4n) is 3.72. The van der Waals surface area contributed by atoms with Crippen LogP contribution in [-0.4, -0.2) is 48.6 Å². The number of nitriles is 1. The Kier molecular flexibility index (Phi) is 4.67. The molecule has 3 atom stereocenters. The van der Waals surface area contributed by atoms with Gasteiger partial charge in [-0.1, -0.05) is 30.5 Å². The number of aliphatic hydroxyl groups is 1. The van der Waals surface area contributed by atoms with E-state index in [1.54, 1.807) is 24.3 Å². The Morgan fingerprint density at radius 2 is 2.00 bits per heavy atom. The summed E-state index contributed by atoms with van der Waals surface area (Å²) in [5, 5.41) is 22.5. The molecule has 0 bridgehead atoms. The maximum Gasteiger partial charge on any atom is 0.243 e. The first-order valence-corrected chi connectivity index (χ1v) is 9.74. The number of hydrogen-bond acceptors (Lipinski definition) is 5. The number of nitrogens with one attached hydrogen (secondary N) is 1. The fourth-order valence-corrected chi connectivity index (χ4v) is 5.47. The van der Waals surface area contributed by atoms with Crippen LogP contribution in [0.3, 0.4) is 0 Å². The minimum atomic E-state index is -3.71. The number of benzene rings is 1. The number of hydrogen-bond donors (Lipinski definition) is 2. The highest BCUT2D eigenvalue weighted by Crippen LogP contribution is 2.34. The van der Waals surface area contributed by atoms with Gasteiger partial charge >= 0.3 is 0 Å². The first-order valence-electron chi connectivity index (χ1n) is 8.30. The molecule has 24 heavy (non-hydrogen) atoms. The Balaban J connectivity index is 2.02. The highest BCUT2D eigenvalue weighted by atomic mass is 32.2. The molecule has 0 unspecified atom stereocenters. The molecule has 0 radical (unpaired) electrons. The van der Waals surface area contributed by atoms with E-state index < -0.39 is 22.2 Å². The average molecular weight is 349 g/mol. The van der Waals surface area contributed by atoms with Gasteiger partial charge in [0.05, 0.1) is 17.6 Å². The summed E-state index contributed by atoms with van der Waals surface area (Å²) in [5.74, 6) is 0. The minimum Gasteiger partial charge on any atom is -0.393 e. The van der Waals surface area contributed by atoms with Crippen LogP contribution in [0.2, 0.25) is 0 Å². The molecule has 0 aromatic heterocycles. The van der Waals surface area contributed by atoms with E-state index in [1.807, 2.05) is 6.92 Å². The Bertz CT molecular complexity index is 741. The number of fused-ring (bicyclic) bond motifs is 1. The van der Waals surface area contributed by atoms with Crippen molar-refractivity contribution in [3.05, 3.63) is 29.8 Å². The molecule has 130 valence electrons. The second kappa shape index (κ2) is 6.45. The smallest absolute Gasteiger partial charge is 0.243 e. The number of rotatable bonds is 3. The first kappa shape index (κ1) is 17.4. The van der Waals surface area contributed by atoms with Crippen molar-refractivity contribution in [3.63, 3.8) is 0 Å². The van der Waals surface area contributed by atoms with E-state index in [4.69, 9.17) is 0 Å². The van der Waals surface area contributed by atoms with Crippen molar-refractivity contribution in [1.29, 1.82) is 5.26 Å². The van der Waals surface area contributed by atoms with Gasteiger partial charge in [-0.25, -0.2) is 8.42 Å². The van der Waals surface area contributed by atoms with Crippen LogP contribution in [0.4, 0.5) is 0 Å². The van der Waals surface area contributed by atoms with Crippen LogP contribution in [0.5, 0.6) is 0 Å². The molecule has 1 aliphatic carbocycles. The highest BCUT2D eigenvalue weighted by Gasteiger charge is 2.49. The molecule has 1 heterocycles. The van der Waals surface area contributed by atoms with Crippen molar-refractivity contribution in [2.45, 2.75) is 55.1 Å². The summed E-state index contributed by atoms with van der Waals surface area (Å²) in [6, 6.07) is 8.60. The van der Waals surface area contributed by atoms with E-state index in [1.165, 1.54) is 4.31 Å². The molecule has 1 aromatic rings. The predicted octanol–water partition coefficient (Wildman–Crippen LogP) is 1.15. The van der Waals surface area contributed by atoms with Gasteiger partial charge in [0.25, 0.3) is 0 Å². The number of aryl methyl sites for hydroxylation is 1. The molecule has 2 N–H and O–H groups in total. The summed E-state index contributed by atoms with van der Waals surface area (Å²) in [4.78, 5) is 0.240. The molecule has 3 rings (SSSR count). The van der Waals surface area contributed by atoms with Crippen LogP contribution < -0.4 is 5.32 Å². The molecule has 1 aliphatic heterocycles. The number of nitrogens with zero attached hydrogens (tertiary/aromatic N) is 2. The van der Waals surface area contributed by atoms with Gasteiger partial charge in [0.1, 0.15) is 5.54 Å². The van der Waals surface area contributed by atoms with Crippen molar-refractivity contribution < 1.29 is 13.5 Å². The van der Waals surface area contributed by atoms with E-state index >= 15 is 0 Å². The number of piperazine rings is 1. The Hall–Kier alpha value is -1.46. The van der Waals surface area contributed by atoms with Gasteiger partial charge < -0.3 is 5.11 Å². The van der Waals surface area contributed by atoms with Gasteiger partial charge in [-0.2, -0.15) is 9.57 Å². The summed E-state index contributed by atoms with van der Waals surface area (Å²) >= 11 is 0. The summed E-state index contributed by atoms with van der Waals surface area (Å²) in [6.45, 7) is 1.47. The van der Waals surface area contributed by atoms with Gasteiger partial charge in [-0.15, -0.1) is 0 Å². The van der Waals surface area contributed by atoms with Crippen molar-refractivity contribution in [2.24, 2.45) is 0 Å². The normalized spacial score (nSPS) is 31.2. The van der Waals surface area contributed by atoms with Gasteiger partial charge in [-0.05, 0) is 31.9 Å². The van der Waals surface area contributed by atoms with E-state index in [2.05, 4.69) is 11.4 Å². The van der Waals surface area contributed by atoms with Crippen LogP contribution in [0.15, 0.2) is 29.2 Å². The lowest BCUT2D eigenvalue weighted by molar-refractivity contribution is 0.0679. The van der Waals surface area contributed by atoms with Crippen LogP contribution in [0.1, 0.15) is 31.2 Å². The van der Waals surface area contributed by atoms with Crippen LogP contribution >= 0.6 is 0 Å². The molecule has 1 aromatic carbocycles. The zero-order valence-corrected chi connectivity index (χ0v) is 14.6. The molecule has 1 saturated carbocycles. The fraction of sp³-hybridized carbons (Fsp3) is 0.588. The summed E-state index contributed by atoms with van der Waals surface area (Å²) in [6.07, 6.45) is 3.56. The summed E-state index contributed by atoms with van der Waals surface area (Å²) in [5.41, 5.74) is -0.248. The topological polar surface area (TPSA) is 93.4 Å². The molecule has 6 nitrogen and oxygen atoms in total. The molecule has 2 aliphatic rings. The lowest BCUT2D eigenvalue weighted by Gasteiger charge is -2.49. The van der Waals surface area contributed by atoms with Gasteiger partial charge in [0.2, 0.25) is 10.0 Å². The van der Waals surface area contributed by atoms with Gasteiger partial charge in [0, 0.05) is 18.6 Å². The third kappa shape index (κ3) is 2.95. The third-order valence-electron chi connectivity index (χ3n) is 5.10. The third-order valence-corrected chi connectivity index (χ3v) is 6.98. The summed E-state index contributed by atoms with van der Waals surface area (Å²) in [7, 11) is -3.71. The average Bonchev–Trinajstić information content (AvgIpc) is 2.61. The molecule has 1 saturated heterocycles. The zero-order chi connectivity index (χ0) is 17.4. The monoisotopic (exact) mass is 349 g/mol.